The van der Waals surface area contributed by atoms with Gasteiger partial charge in [-0.1, -0.05) is 115 Å². The first kappa shape index (κ1) is 27.3. The zero-order chi connectivity index (χ0) is 21.4. The van der Waals surface area contributed by atoms with Crippen molar-refractivity contribution in [2.75, 3.05) is 19.6 Å². The first-order valence-corrected chi connectivity index (χ1v) is 13.9. The third-order valence-corrected chi connectivity index (χ3v) is 8.79. The van der Waals surface area contributed by atoms with E-state index >= 15 is 0 Å². The maximum atomic E-state index is 6.54. The largest absolute Gasteiger partial charge is 0.309 e. The van der Waals surface area contributed by atoms with E-state index in [4.69, 9.17) is 11.6 Å². The van der Waals surface area contributed by atoms with E-state index in [0.717, 1.165) is 16.4 Å². The van der Waals surface area contributed by atoms with Gasteiger partial charge in [-0.3, -0.25) is 0 Å². The van der Waals surface area contributed by atoms with Gasteiger partial charge in [-0.25, -0.2) is 0 Å². The summed E-state index contributed by atoms with van der Waals surface area (Å²) >= 11 is 6.54. The van der Waals surface area contributed by atoms with Crippen LogP contribution in [0.2, 0.25) is 0 Å². The Balaban J connectivity index is 2.06. The Bertz CT molecular complexity index is 375. The van der Waals surface area contributed by atoms with Crippen molar-refractivity contribution in [1.82, 2.24) is 0 Å². The predicted octanol–water partition coefficient (Wildman–Crippen LogP) is 9.47. The molecule has 1 nitrogen and oxygen atoms in total. The predicted molar refractivity (Wildman–Crippen MR) is 133 cm³/mol. The number of quaternary nitrogens is 1. The zero-order valence-corrected chi connectivity index (χ0v) is 21.5. The minimum Gasteiger partial charge on any atom is -0.309 e. The fraction of sp³-hybridized carbons (Fsp3) is 1.00. The van der Waals surface area contributed by atoms with Gasteiger partial charge in [-0.15, -0.1) is 0 Å². The summed E-state index contributed by atoms with van der Waals surface area (Å²) in [5, 5.41) is 0. The van der Waals surface area contributed by atoms with Crippen molar-refractivity contribution in [3.05, 3.63) is 0 Å². The molecule has 1 aliphatic rings. The lowest BCUT2D eigenvalue weighted by Crippen LogP contribution is -2.62. The lowest BCUT2D eigenvalue weighted by molar-refractivity contribution is -0.950. The third kappa shape index (κ3) is 10.4. The molecule has 0 amide bonds. The fourth-order valence-electron chi connectivity index (χ4n) is 5.41. The summed E-state index contributed by atoms with van der Waals surface area (Å²) in [5.74, 6) is 0.853. The maximum absolute atomic E-state index is 6.54. The van der Waals surface area contributed by atoms with Gasteiger partial charge >= 0.3 is 0 Å². The average molecular weight is 429 g/mol. The third-order valence-electron chi connectivity index (χ3n) is 8.26. The number of nitrogens with zero attached hydrogens (tertiary/aromatic N) is 1. The van der Waals surface area contributed by atoms with E-state index in [2.05, 4.69) is 27.8 Å². The summed E-state index contributed by atoms with van der Waals surface area (Å²) in [5.41, 5.74) is 0.318. The van der Waals surface area contributed by atoms with Crippen LogP contribution in [-0.4, -0.2) is 29.6 Å². The normalized spacial score (nSPS) is 18.1. The SMILES string of the molecule is CCCCCCCCCCCCCCCC[N+](C)(CCl)C(C)(C)C1CCCCC1. The summed E-state index contributed by atoms with van der Waals surface area (Å²) in [6.45, 7) is 8.54. The molecule has 1 saturated carbocycles. The maximum Gasteiger partial charge on any atom is 0.155 e. The molecule has 1 unspecified atom stereocenters. The van der Waals surface area contributed by atoms with E-state index < -0.39 is 0 Å². The Hall–Kier alpha value is 0.250. The fourth-order valence-corrected chi connectivity index (χ4v) is 5.83. The molecule has 29 heavy (non-hydrogen) atoms. The van der Waals surface area contributed by atoms with Crippen LogP contribution in [0, 0.1) is 5.92 Å². The van der Waals surface area contributed by atoms with Gasteiger partial charge in [0.2, 0.25) is 0 Å². The van der Waals surface area contributed by atoms with Crippen LogP contribution in [0.3, 0.4) is 0 Å². The Kier molecular flexibility index (Phi) is 15.0. The van der Waals surface area contributed by atoms with Crippen molar-refractivity contribution in [2.24, 2.45) is 5.92 Å². The lowest BCUT2D eigenvalue weighted by Gasteiger charge is -2.51. The second-order valence-electron chi connectivity index (χ2n) is 10.8. The number of unbranched alkanes of at least 4 members (excludes halogenated alkanes) is 13. The zero-order valence-electron chi connectivity index (χ0n) is 20.8. The molecule has 2 heteroatoms. The van der Waals surface area contributed by atoms with E-state index in [1.165, 1.54) is 129 Å². The number of rotatable bonds is 18. The monoisotopic (exact) mass is 428 g/mol. The van der Waals surface area contributed by atoms with Gasteiger partial charge in [0.05, 0.1) is 19.1 Å². The van der Waals surface area contributed by atoms with Gasteiger partial charge < -0.3 is 4.48 Å². The van der Waals surface area contributed by atoms with Crippen molar-refractivity contribution in [3.8, 4) is 0 Å². The Labute approximate surface area is 189 Å². The molecule has 0 spiro atoms. The smallest absolute Gasteiger partial charge is 0.155 e. The van der Waals surface area contributed by atoms with Crippen molar-refractivity contribution in [2.45, 2.75) is 148 Å². The van der Waals surface area contributed by atoms with E-state index in [-0.39, 0.29) is 0 Å². The van der Waals surface area contributed by atoms with Gasteiger partial charge in [0, 0.05) is 5.92 Å². The van der Waals surface area contributed by atoms with Crippen LogP contribution in [-0.2, 0) is 0 Å². The Morgan fingerprint density at radius 3 is 1.52 bits per heavy atom. The van der Waals surface area contributed by atoms with Crippen LogP contribution in [0.25, 0.3) is 0 Å². The molecule has 0 aromatic carbocycles. The molecule has 0 radical (unpaired) electrons. The first-order valence-electron chi connectivity index (χ1n) is 13.4. The second kappa shape index (κ2) is 16.0. The molecule has 174 valence electrons. The van der Waals surface area contributed by atoms with E-state index in [1.807, 2.05) is 0 Å². The van der Waals surface area contributed by atoms with Crippen molar-refractivity contribution >= 4 is 11.6 Å². The van der Waals surface area contributed by atoms with Crippen LogP contribution in [0.4, 0.5) is 0 Å². The molecule has 0 aliphatic heterocycles. The molecule has 0 aromatic rings. The first-order chi connectivity index (χ1) is 14.0. The van der Waals surface area contributed by atoms with Gasteiger partial charge in [-0.05, 0) is 39.5 Å². The summed E-state index contributed by atoms with van der Waals surface area (Å²) in [4.78, 5) is 0. The molecule has 1 aliphatic carbocycles. The van der Waals surface area contributed by atoms with Crippen LogP contribution in [0.1, 0.15) is 143 Å². The standard InChI is InChI=1S/C27H55ClN/c1-5-6-7-8-9-10-11-12-13-14-15-16-17-21-24-29(4,25-28)27(2,3)26-22-19-18-20-23-26/h26H,5-25H2,1-4H3/q+1. The topological polar surface area (TPSA) is 0 Å². The summed E-state index contributed by atoms with van der Waals surface area (Å²) in [6, 6.07) is 0.766. The van der Waals surface area contributed by atoms with Crippen LogP contribution in [0.5, 0.6) is 0 Å². The molecule has 0 bridgehead atoms. The highest BCUT2D eigenvalue weighted by Gasteiger charge is 2.45. The average Bonchev–Trinajstić information content (AvgIpc) is 2.74. The van der Waals surface area contributed by atoms with Gasteiger partial charge in [0.15, 0.2) is 6.00 Å². The second-order valence-corrected chi connectivity index (χ2v) is 11.1. The molecule has 1 fully saturated rings. The highest BCUT2D eigenvalue weighted by atomic mass is 35.5. The van der Waals surface area contributed by atoms with E-state index in [0.29, 0.717) is 5.54 Å². The molecular formula is C27H55ClN+. The highest BCUT2D eigenvalue weighted by molar-refractivity contribution is 6.17. The van der Waals surface area contributed by atoms with Gasteiger partial charge in [-0.2, -0.15) is 0 Å². The van der Waals surface area contributed by atoms with Gasteiger partial charge in [0.1, 0.15) is 0 Å². The number of hydrogen-bond donors (Lipinski definition) is 0. The van der Waals surface area contributed by atoms with E-state index in [9.17, 15) is 0 Å². The lowest BCUT2D eigenvalue weighted by atomic mass is 9.74. The summed E-state index contributed by atoms with van der Waals surface area (Å²) in [7, 11) is 2.42. The van der Waals surface area contributed by atoms with Crippen molar-refractivity contribution in [1.29, 1.82) is 0 Å². The number of halogens is 1. The van der Waals surface area contributed by atoms with Crippen LogP contribution < -0.4 is 0 Å². The molecule has 0 saturated heterocycles. The minimum absolute atomic E-state index is 0.318. The highest BCUT2D eigenvalue weighted by Crippen LogP contribution is 2.40. The minimum atomic E-state index is 0.318. The number of hydrogen-bond acceptors (Lipinski definition) is 0. The number of alkyl halides is 1. The van der Waals surface area contributed by atoms with Gasteiger partial charge in [0.25, 0.3) is 0 Å². The molecule has 0 aromatic heterocycles. The van der Waals surface area contributed by atoms with Crippen molar-refractivity contribution in [3.63, 3.8) is 0 Å². The molecular weight excluding hydrogens is 374 g/mol. The van der Waals surface area contributed by atoms with Crippen LogP contribution >= 0.6 is 11.6 Å². The molecule has 1 atom stereocenters. The van der Waals surface area contributed by atoms with E-state index in [1.54, 1.807) is 0 Å². The quantitative estimate of drug-likeness (QED) is 0.0881. The Morgan fingerprint density at radius 2 is 1.10 bits per heavy atom. The summed E-state index contributed by atoms with van der Waals surface area (Å²) in [6.07, 6.45) is 27.2. The molecule has 0 N–H and O–H groups in total. The molecule has 1 rings (SSSR count). The van der Waals surface area contributed by atoms with Crippen molar-refractivity contribution < 1.29 is 4.48 Å². The van der Waals surface area contributed by atoms with Crippen LogP contribution in [0.15, 0.2) is 0 Å². The summed E-state index contributed by atoms with van der Waals surface area (Å²) < 4.78 is 1.05. The Morgan fingerprint density at radius 1 is 0.690 bits per heavy atom. The molecule has 0 heterocycles.